The van der Waals surface area contributed by atoms with Gasteiger partial charge in [0.2, 0.25) is 0 Å². The second-order valence-electron chi connectivity index (χ2n) is 7.56. The number of alkyl halides is 3. The minimum atomic E-state index is -4.58. The zero-order valence-electron chi connectivity index (χ0n) is 17.7. The highest BCUT2D eigenvalue weighted by Gasteiger charge is 2.35. The van der Waals surface area contributed by atoms with E-state index in [2.05, 4.69) is 0 Å². The molecule has 0 aliphatic rings. The lowest BCUT2D eigenvalue weighted by atomic mass is 9.93. The summed E-state index contributed by atoms with van der Waals surface area (Å²) in [5.41, 5.74) is 5.07. The predicted octanol–water partition coefficient (Wildman–Crippen LogP) is 3.49. The first-order chi connectivity index (χ1) is 14.6. The molecule has 180 valence electrons. The van der Waals surface area contributed by atoms with Crippen molar-refractivity contribution in [1.82, 2.24) is 0 Å². The molecule has 32 heavy (non-hydrogen) atoms. The SMILES string of the molecule is C[S+]([O-])c1ccc(CCCOc2ccc(CCC(N)(CO)CO)cc2C(F)(F)F)cc1.Cl. The Morgan fingerprint density at radius 1 is 1.00 bits per heavy atom. The second-order valence-corrected chi connectivity index (χ2v) is 8.94. The smallest absolute Gasteiger partial charge is 0.419 e. The second kappa shape index (κ2) is 12.7. The van der Waals surface area contributed by atoms with Gasteiger partial charge in [-0.15, -0.1) is 12.4 Å². The lowest BCUT2D eigenvalue weighted by Gasteiger charge is -2.24. The van der Waals surface area contributed by atoms with Crippen molar-refractivity contribution in [2.24, 2.45) is 5.73 Å². The molecule has 0 saturated heterocycles. The Hall–Kier alpha value is -1.49. The fourth-order valence-corrected chi connectivity index (χ4v) is 3.51. The molecule has 0 amide bonds. The molecular weight excluding hydrogens is 467 g/mol. The number of aryl methyl sites for hydroxylation is 2. The lowest BCUT2D eigenvalue weighted by molar-refractivity contribution is -0.139. The zero-order chi connectivity index (χ0) is 23.1. The number of hydrogen-bond donors (Lipinski definition) is 3. The molecule has 1 atom stereocenters. The predicted molar refractivity (Wildman–Crippen MR) is 121 cm³/mol. The van der Waals surface area contributed by atoms with E-state index in [0.717, 1.165) is 16.5 Å². The molecule has 0 aliphatic heterocycles. The van der Waals surface area contributed by atoms with Gasteiger partial charge >= 0.3 is 6.18 Å². The maximum atomic E-state index is 13.5. The molecule has 0 saturated carbocycles. The first-order valence-electron chi connectivity index (χ1n) is 9.84. The van der Waals surface area contributed by atoms with E-state index in [4.69, 9.17) is 10.5 Å². The van der Waals surface area contributed by atoms with E-state index in [0.29, 0.717) is 18.4 Å². The summed E-state index contributed by atoms with van der Waals surface area (Å²) in [7, 11) is 0. The summed E-state index contributed by atoms with van der Waals surface area (Å²) in [5, 5.41) is 18.5. The van der Waals surface area contributed by atoms with Crippen LogP contribution in [0.1, 0.15) is 29.5 Å². The quantitative estimate of drug-likeness (QED) is 0.327. The monoisotopic (exact) mass is 495 g/mol. The molecular formula is C22H29ClF3NO4S. The van der Waals surface area contributed by atoms with Gasteiger partial charge in [0.25, 0.3) is 0 Å². The normalized spacial score (nSPS) is 12.9. The first-order valence-corrected chi connectivity index (χ1v) is 11.4. The molecule has 0 heterocycles. The van der Waals surface area contributed by atoms with Crippen LogP contribution in [0.2, 0.25) is 0 Å². The van der Waals surface area contributed by atoms with Crippen molar-refractivity contribution in [3.63, 3.8) is 0 Å². The minimum absolute atomic E-state index is 0. The number of halogens is 4. The van der Waals surface area contributed by atoms with Crippen molar-refractivity contribution in [3.8, 4) is 5.75 Å². The van der Waals surface area contributed by atoms with Crippen LogP contribution in [0.15, 0.2) is 47.4 Å². The van der Waals surface area contributed by atoms with E-state index in [1.54, 1.807) is 18.4 Å². The van der Waals surface area contributed by atoms with E-state index >= 15 is 0 Å². The number of aliphatic hydroxyl groups is 2. The topological polar surface area (TPSA) is 98.8 Å². The third-order valence-electron chi connectivity index (χ3n) is 5.01. The number of ether oxygens (including phenoxy) is 1. The number of benzene rings is 2. The molecule has 2 rings (SSSR count). The van der Waals surface area contributed by atoms with Gasteiger partial charge in [-0.25, -0.2) is 0 Å². The molecule has 0 radical (unpaired) electrons. The standard InChI is InChI=1S/C22H28F3NO4S.ClH/c1-31(29)18-7-4-16(5-8-18)3-2-12-30-20-9-6-17(13-19(20)22(23,24)25)10-11-21(26,14-27)15-28;/h4-9,13,27-28H,2-3,10-12,14-15,26H2,1H3;1H. The maximum absolute atomic E-state index is 13.5. The number of hydrogen-bond acceptors (Lipinski definition) is 5. The highest BCUT2D eigenvalue weighted by Crippen LogP contribution is 2.37. The molecule has 0 fully saturated rings. The molecule has 0 aliphatic carbocycles. The van der Waals surface area contributed by atoms with Crippen molar-refractivity contribution < 1.29 is 32.7 Å². The first kappa shape index (κ1) is 28.5. The molecule has 0 bridgehead atoms. The highest BCUT2D eigenvalue weighted by atomic mass is 35.5. The molecule has 0 aromatic heterocycles. The minimum Gasteiger partial charge on any atom is -0.612 e. The van der Waals surface area contributed by atoms with E-state index in [1.165, 1.54) is 12.1 Å². The van der Waals surface area contributed by atoms with Crippen LogP contribution in [0.5, 0.6) is 5.75 Å². The van der Waals surface area contributed by atoms with Crippen LogP contribution in [0.3, 0.4) is 0 Å². The summed E-state index contributed by atoms with van der Waals surface area (Å²) in [6, 6.07) is 11.1. The summed E-state index contributed by atoms with van der Waals surface area (Å²) in [6.45, 7) is -0.809. The van der Waals surface area contributed by atoms with Crippen LogP contribution >= 0.6 is 12.4 Å². The van der Waals surface area contributed by atoms with Crippen LogP contribution < -0.4 is 10.5 Å². The Morgan fingerprint density at radius 2 is 1.59 bits per heavy atom. The van der Waals surface area contributed by atoms with Gasteiger partial charge in [0.1, 0.15) is 12.0 Å². The Balaban J connectivity index is 0.00000512. The van der Waals surface area contributed by atoms with Crippen molar-refractivity contribution in [2.45, 2.75) is 42.3 Å². The third-order valence-corrected chi connectivity index (χ3v) is 5.95. The highest BCUT2D eigenvalue weighted by molar-refractivity contribution is 7.90. The van der Waals surface area contributed by atoms with E-state index < -0.39 is 41.7 Å². The van der Waals surface area contributed by atoms with Crippen molar-refractivity contribution in [2.75, 3.05) is 26.1 Å². The van der Waals surface area contributed by atoms with Gasteiger partial charge in [-0.1, -0.05) is 18.2 Å². The van der Waals surface area contributed by atoms with Crippen molar-refractivity contribution in [1.29, 1.82) is 0 Å². The van der Waals surface area contributed by atoms with Gasteiger partial charge in [-0.3, -0.25) is 0 Å². The number of aliphatic hydroxyl groups excluding tert-OH is 2. The molecule has 5 nitrogen and oxygen atoms in total. The fraction of sp³-hybridized carbons (Fsp3) is 0.455. The number of rotatable bonds is 11. The molecule has 4 N–H and O–H groups in total. The van der Waals surface area contributed by atoms with Crippen LogP contribution in [0.4, 0.5) is 13.2 Å². The molecule has 10 heteroatoms. The zero-order valence-corrected chi connectivity index (χ0v) is 19.4. The summed E-state index contributed by atoms with van der Waals surface area (Å²) in [4.78, 5) is 0.722. The summed E-state index contributed by atoms with van der Waals surface area (Å²) >= 11 is -1.05. The average molecular weight is 496 g/mol. The Morgan fingerprint density at radius 3 is 2.12 bits per heavy atom. The van der Waals surface area contributed by atoms with Gasteiger partial charge in [-0.05, 0) is 72.3 Å². The van der Waals surface area contributed by atoms with Gasteiger partial charge in [0.05, 0.1) is 30.9 Å². The maximum Gasteiger partial charge on any atom is 0.419 e. The van der Waals surface area contributed by atoms with Crippen molar-refractivity contribution >= 4 is 23.6 Å². The lowest BCUT2D eigenvalue weighted by Crippen LogP contribution is -2.47. The van der Waals surface area contributed by atoms with E-state index in [1.807, 2.05) is 12.1 Å². The average Bonchev–Trinajstić information content (AvgIpc) is 2.75. The Bertz CT molecular complexity index is 831. The fourth-order valence-electron chi connectivity index (χ4n) is 2.99. The molecule has 2 aromatic rings. The Kier molecular flexibility index (Phi) is 11.3. The van der Waals surface area contributed by atoms with Gasteiger partial charge in [0, 0.05) is 0 Å². The number of nitrogens with two attached hydrogens (primary N) is 1. The Labute approximate surface area is 195 Å². The van der Waals surface area contributed by atoms with Crippen LogP contribution in [0, 0.1) is 0 Å². The van der Waals surface area contributed by atoms with Crippen LogP contribution in [-0.4, -0.2) is 46.4 Å². The summed E-state index contributed by atoms with van der Waals surface area (Å²) in [5.74, 6) is -0.240. The largest absolute Gasteiger partial charge is 0.612 e. The van der Waals surface area contributed by atoms with E-state index in [-0.39, 0.29) is 37.6 Å². The molecule has 1 unspecified atom stereocenters. The molecule has 0 spiro atoms. The van der Waals surface area contributed by atoms with Crippen molar-refractivity contribution in [3.05, 3.63) is 59.2 Å². The van der Waals surface area contributed by atoms with Crippen LogP contribution in [-0.2, 0) is 30.2 Å². The third kappa shape index (κ3) is 8.46. The summed E-state index contributed by atoms with van der Waals surface area (Å²) in [6.07, 6.45) is -1.52. The van der Waals surface area contributed by atoms with Crippen LogP contribution in [0.25, 0.3) is 0 Å². The van der Waals surface area contributed by atoms with Gasteiger partial charge < -0.3 is 25.2 Å². The van der Waals surface area contributed by atoms with E-state index in [9.17, 15) is 27.9 Å². The molecule has 2 aromatic carbocycles. The summed E-state index contributed by atoms with van der Waals surface area (Å²) < 4.78 is 57.3. The van der Waals surface area contributed by atoms with Gasteiger partial charge in [-0.2, -0.15) is 13.2 Å². The van der Waals surface area contributed by atoms with Gasteiger partial charge in [0.15, 0.2) is 4.90 Å².